The molecule has 0 radical (unpaired) electrons. The van der Waals surface area contributed by atoms with Gasteiger partial charge in [0, 0.05) is 11.6 Å². The van der Waals surface area contributed by atoms with Gasteiger partial charge in [0.25, 0.3) is 0 Å². The molecule has 0 aliphatic carbocycles. The van der Waals surface area contributed by atoms with Gasteiger partial charge >= 0.3 is 0 Å². The molecule has 1 unspecified atom stereocenters. The normalized spacial score (nSPS) is 12.6. The maximum Gasteiger partial charge on any atom is 0.148 e. The van der Waals surface area contributed by atoms with Crippen LogP contribution in [0.25, 0.3) is 10.9 Å². The van der Waals surface area contributed by atoms with E-state index in [4.69, 9.17) is 26.5 Å². The third-order valence-corrected chi connectivity index (χ3v) is 4.89. The van der Waals surface area contributed by atoms with Crippen molar-refractivity contribution >= 4 is 22.5 Å². The summed E-state index contributed by atoms with van der Waals surface area (Å²) in [6.07, 6.45) is 4.36. The van der Waals surface area contributed by atoms with Gasteiger partial charge < -0.3 is 19.8 Å². The highest BCUT2D eigenvalue weighted by Crippen LogP contribution is 2.36. The van der Waals surface area contributed by atoms with Crippen molar-refractivity contribution in [1.82, 2.24) is 9.88 Å². The molecule has 0 spiro atoms. The maximum absolute atomic E-state index is 6.52. The molecule has 6 heteroatoms. The van der Waals surface area contributed by atoms with E-state index in [1.165, 1.54) is 0 Å². The zero-order chi connectivity index (χ0) is 20.1. The minimum Gasteiger partial charge on any atom is -0.491 e. The molecule has 0 saturated heterocycles. The number of benzene rings is 1. The quantitative estimate of drug-likeness (QED) is 0.513. The van der Waals surface area contributed by atoms with E-state index >= 15 is 0 Å². The summed E-state index contributed by atoms with van der Waals surface area (Å²) in [5.41, 5.74) is 8.19. The third kappa shape index (κ3) is 4.85. The van der Waals surface area contributed by atoms with Gasteiger partial charge in [-0.25, -0.2) is 0 Å². The Balaban J connectivity index is 1.90. The summed E-state index contributed by atoms with van der Waals surface area (Å²) in [5, 5.41) is 1.54. The second-order valence-corrected chi connectivity index (χ2v) is 7.71. The lowest BCUT2D eigenvalue weighted by Crippen LogP contribution is -2.14. The second kappa shape index (κ2) is 9.41. The van der Waals surface area contributed by atoms with Crippen LogP contribution in [0, 0.1) is 0 Å². The molecule has 0 aliphatic heterocycles. The molecule has 5 nitrogen and oxygen atoms in total. The first-order valence-electron chi connectivity index (χ1n) is 9.67. The molecule has 0 amide bonds. The number of furan rings is 1. The molecule has 150 valence electrons. The Morgan fingerprint density at radius 1 is 1.29 bits per heavy atom. The second-order valence-electron chi connectivity index (χ2n) is 7.30. The van der Waals surface area contributed by atoms with E-state index < -0.39 is 0 Å². The zero-order valence-electron chi connectivity index (χ0n) is 16.7. The Kier molecular flexibility index (Phi) is 6.94. The summed E-state index contributed by atoms with van der Waals surface area (Å²) in [6, 6.07) is 9.41. The lowest BCUT2D eigenvalue weighted by molar-refractivity contribution is 0.307. The number of aromatic nitrogens is 1. The number of fused-ring (bicyclic) bond motifs is 1. The van der Waals surface area contributed by atoms with Crippen LogP contribution >= 0.6 is 11.6 Å². The predicted octanol–water partition coefficient (Wildman–Crippen LogP) is 4.96. The molecule has 0 aliphatic rings. The Bertz CT molecular complexity index is 923. The molecule has 0 bridgehead atoms. The number of nitrogens with two attached hydrogens (primary N) is 1. The van der Waals surface area contributed by atoms with Crippen molar-refractivity contribution in [3.05, 3.63) is 58.6 Å². The smallest absolute Gasteiger partial charge is 0.148 e. The van der Waals surface area contributed by atoms with Gasteiger partial charge in [-0.15, -0.1) is 0 Å². The number of unbranched alkanes of at least 4 members (excludes halogenated alkanes) is 1. The molecule has 1 atom stereocenters. The number of nitrogens with zero attached hydrogens (tertiary/aromatic N) is 2. The Labute approximate surface area is 171 Å². The topological polar surface area (TPSA) is 64.5 Å². The van der Waals surface area contributed by atoms with E-state index in [1.807, 2.05) is 44.4 Å². The van der Waals surface area contributed by atoms with Crippen LogP contribution < -0.4 is 10.5 Å². The monoisotopic (exact) mass is 401 g/mol. The van der Waals surface area contributed by atoms with Crippen LogP contribution in [-0.2, 0) is 13.0 Å². The third-order valence-electron chi connectivity index (χ3n) is 4.58. The first-order valence-corrected chi connectivity index (χ1v) is 10.0. The summed E-state index contributed by atoms with van der Waals surface area (Å²) in [7, 11) is 4.01. The van der Waals surface area contributed by atoms with Crippen LogP contribution in [0.15, 0.2) is 40.9 Å². The van der Waals surface area contributed by atoms with Crippen molar-refractivity contribution in [1.29, 1.82) is 0 Å². The van der Waals surface area contributed by atoms with Crippen LogP contribution in [0.4, 0.5) is 0 Å². The highest BCUT2D eigenvalue weighted by Gasteiger charge is 2.19. The van der Waals surface area contributed by atoms with Crippen LogP contribution in [0.1, 0.15) is 42.9 Å². The highest BCUT2D eigenvalue weighted by molar-refractivity contribution is 6.35. The minimum atomic E-state index is -0.290. The maximum atomic E-state index is 6.52. The van der Waals surface area contributed by atoms with E-state index in [2.05, 4.69) is 16.8 Å². The zero-order valence-corrected chi connectivity index (χ0v) is 17.5. The molecular formula is C22H28ClN3O2. The number of halogens is 1. The van der Waals surface area contributed by atoms with Crippen LogP contribution in [-0.4, -0.2) is 30.6 Å². The summed E-state index contributed by atoms with van der Waals surface area (Å²) >= 11 is 6.52. The number of pyridine rings is 1. The lowest BCUT2D eigenvalue weighted by atomic mass is 10.0. The molecule has 28 heavy (non-hydrogen) atoms. The average Bonchev–Trinajstić information content (AvgIpc) is 3.12. The van der Waals surface area contributed by atoms with Crippen molar-refractivity contribution in [2.75, 3.05) is 20.7 Å². The van der Waals surface area contributed by atoms with Gasteiger partial charge in [0.15, 0.2) is 0 Å². The van der Waals surface area contributed by atoms with Gasteiger partial charge in [-0.2, -0.15) is 0 Å². The van der Waals surface area contributed by atoms with Crippen molar-refractivity contribution in [3.8, 4) is 5.75 Å². The summed E-state index contributed by atoms with van der Waals surface area (Å²) in [6.45, 7) is 3.52. The molecule has 3 aromatic rings. The first-order chi connectivity index (χ1) is 13.5. The number of ether oxygens (including phenoxy) is 1. The van der Waals surface area contributed by atoms with E-state index in [-0.39, 0.29) is 6.04 Å². The van der Waals surface area contributed by atoms with Crippen LogP contribution in [0.2, 0.25) is 5.02 Å². The molecular weight excluding hydrogens is 374 g/mol. The Hall–Kier alpha value is -2.08. The van der Waals surface area contributed by atoms with Crippen molar-refractivity contribution in [2.24, 2.45) is 5.73 Å². The van der Waals surface area contributed by atoms with Gasteiger partial charge in [-0.3, -0.25) is 4.98 Å². The average molecular weight is 402 g/mol. The van der Waals surface area contributed by atoms with Gasteiger partial charge in [0.05, 0.1) is 24.2 Å². The molecule has 2 aromatic heterocycles. The standard InChI is InChI=1S/C22H28ClN3O2/c1-4-5-11-27-22-15(12-18(23)17-7-6-10-25-21(17)22)13-19(24)20-9-8-16(28-20)14-26(2)3/h6-10,12,19H,4-5,11,13-14,24H2,1-3H3. The van der Waals surface area contributed by atoms with Crippen LogP contribution in [0.3, 0.4) is 0 Å². The van der Waals surface area contributed by atoms with E-state index in [0.29, 0.717) is 18.1 Å². The molecule has 1 aromatic carbocycles. The van der Waals surface area contributed by atoms with Crippen molar-refractivity contribution in [3.63, 3.8) is 0 Å². The first kappa shape index (κ1) is 20.6. The van der Waals surface area contributed by atoms with Crippen LogP contribution in [0.5, 0.6) is 5.75 Å². The highest BCUT2D eigenvalue weighted by atomic mass is 35.5. The molecule has 3 rings (SSSR count). The van der Waals surface area contributed by atoms with E-state index in [1.54, 1.807) is 6.20 Å². The Morgan fingerprint density at radius 2 is 2.11 bits per heavy atom. The fourth-order valence-electron chi connectivity index (χ4n) is 3.19. The molecule has 0 fully saturated rings. The minimum absolute atomic E-state index is 0.290. The van der Waals surface area contributed by atoms with Gasteiger partial charge in [0.1, 0.15) is 22.8 Å². The SMILES string of the molecule is CCCCOc1c(CC(N)c2ccc(CN(C)C)o2)cc(Cl)c2cccnc12. The fourth-order valence-corrected chi connectivity index (χ4v) is 3.47. The number of rotatable bonds is 9. The van der Waals surface area contributed by atoms with Crippen molar-refractivity contribution < 1.29 is 9.15 Å². The predicted molar refractivity (Wildman–Crippen MR) is 114 cm³/mol. The molecule has 2 heterocycles. The fraction of sp³-hybridized carbons (Fsp3) is 0.409. The number of hydrogen-bond acceptors (Lipinski definition) is 5. The lowest BCUT2D eigenvalue weighted by Gasteiger charge is -2.17. The summed E-state index contributed by atoms with van der Waals surface area (Å²) < 4.78 is 12.1. The molecule has 0 saturated carbocycles. The van der Waals surface area contributed by atoms with Gasteiger partial charge in [-0.05, 0) is 62.8 Å². The largest absolute Gasteiger partial charge is 0.491 e. The van der Waals surface area contributed by atoms with Gasteiger partial charge in [0.2, 0.25) is 0 Å². The molecule has 2 N–H and O–H groups in total. The van der Waals surface area contributed by atoms with E-state index in [0.717, 1.165) is 53.1 Å². The van der Waals surface area contributed by atoms with E-state index in [9.17, 15) is 0 Å². The Morgan fingerprint density at radius 3 is 2.86 bits per heavy atom. The van der Waals surface area contributed by atoms with Gasteiger partial charge in [-0.1, -0.05) is 24.9 Å². The van der Waals surface area contributed by atoms with Crippen molar-refractivity contribution in [2.45, 2.75) is 38.8 Å². The summed E-state index contributed by atoms with van der Waals surface area (Å²) in [5.74, 6) is 2.42. The summed E-state index contributed by atoms with van der Waals surface area (Å²) in [4.78, 5) is 6.58. The number of hydrogen-bond donors (Lipinski definition) is 1.